The zero-order chi connectivity index (χ0) is 20.2. The minimum absolute atomic E-state index is 0.0224. The van der Waals surface area contributed by atoms with Crippen molar-refractivity contribution in [1.29, 1.82) is 0 Å². The van der Waals surface area contributed by atoms with Crippen molar-refractivity contribution in [3.63, 3.8) is 0 Å². The lowest BCUT2D eigenvalue weighted by molar-refractivity contribution is -0.142. The van der Waals surface area contributed by atoms with E-state index in [4.69, 9.17) is 9.84 Å². The van der Waals surface area contributed by atoms with E-state index in [1.807, 2.05) is 6.07 Å². The molecule has 0 aromatic heterocycles. The zero-order valence-electron chi connectivity index (χ0n) is 15.0. The highest BCUT2D eigenvalue weighted by atomic mass is 16.5. The molecule has 2 atom stereocenters. The summed E-state index contributed by atoms with van der Waals surface area (Å²) in [7, 11) is 0. The van der Waals surface area contributed by atoms with Gasteiger partial charge in [-0.15, -0.1) is 0 Å². The first-order chi connectivity index (χ1) is 12.8. The van der Waals surface area contributed by atoms with Crippen LogP contribution in [0.15, 0.2) is 30.3 Å². The topological polar surface area (TPSA) is 142 Å². The van der Waals surface area contributed by atoms with E-state index in [1.54, 1.807) is 24.3 Å². The summed E-state index contributed by atoms with van der Waals surface area (Å²) in [5, 5.41) is 23.4. The van der Waals surface area contributed by atoms with Gasteiger partial charge in [-0.2, -0.15) is 0 Å². The maximum atomic E-state index is 11.8. The van der Waals surface area contributed by atoms with Crippen LogP contribution in [0, 0.1) is 0 Å². The molecular formula is C18H24N2O7. The molecule has 9 nitrogen and oxygen atoms in total. The Labute approximate surface area is 156 Å². The molecule has 0 aliphatic carbocycles. The number of ketones is 1. The number of aliphatic hydroxyl groups excluding tert-OH is 1. The number of carboxylic acid groups (broad SMARTS) is 1. The van der Waals surface area contributed by atoms with Gasteiger partial charge in [-0.05, 0) is 18.9 Å². The number of ether oxygens (including phenoxy) is 1. The fourth-order valence-electron chi connectivity index (χ4n) is 2.12. The number of nitrogens with one attached hydrogen (secondary N) is 2. The normalized spacial score (nSPS) is 12.5. The summed E-state index contributed by atoms with van der Waals surface area (Å²) < 4.78 is 4.96. The summed E-state index contributed by atoms with van der Waals surface area (Å²) in [6.07, 6.45) is -2.37. The Bertz CT molecular complexity index is 648. The van der Waals surface area contributed by atoms with Gasteiger partial charge in [0.15, 0.2) is 0 Å². The molecule has 0 heterocycles. The molecule has 2 amide bonds. The highest BCUT2D eigenvalue weighted by Gasteiger charge is 2.22. The quantitative estimate of drug-likeness (QED) is 0.440. The summed E-state index contributed by atoms with van der Waals surface area (Å²) in [6.45, 7) is 1.17. The smallest absolute Gasteiger partial charge is 0.407 e. The molecule has 0 aliphatic heterocycles. The standard InChI is InChI=1S/C18H24N2O7/c1-12(21)7-8-15(17(24)25)20-16(23)9-14(22)10-19-18(26)27-11-13-5-3-2-4-6-13/h2-6,14-15,22H,7-11H2,1H3,(H,19,26)(H,20,23)(H,24,25)/t14-,15-/m1/s1. The van der Waals surface area contributed by atoms with Crippen molar-refractivity contribution in [3.8, 4) is 0 Å². The molecule has 0 spiro atoms. The Morgan fingerprint density at radius 2 is 1.81 bits per heavy atom. The minimum atomic E-state index is -1.26. The maximum Gasteiger partial charge on any atom is 0.407 e. The number of benzene rings is 1. The number of hydrogen-bond acceptors (Lipinski definition) is 6. The lowest BCUT2D eigenvalue weighted by Crippen LogP contribution is -2.43. The summed E-state index contributed by atoms with van der Waals surface area (Å²) in [5.74, 6) is -2.15. The van der Waals surface area contributed by atoms with Crippen LogP contribution in [0.2, 0.25) is 0 Å². The number of Topliss-reactive ketones (excluding diaryl/α,β-unsaturated/α-hetero) is 1. The number of alkyl carbamates (subject to hydrolysis) is 1. The van der Waals surface area contributed by atoms with Gasteiger partial charge in [0.1, 0.15) is 18.4 Å². The molecule has 0 saturated heterocycles. The number of carboxylic acids is 1. The van der Waals surface area contributed by atoms with Crippen LogP contribution in [0.5, 0.6) is 0 Å². The molecule has 1 rings (SSSR count). The van der Waals surface area contributed by atoms with E-state index in [9.17, 15) is 24.3 Å². The van der Waals surface area contributed by atoms with Gasteiger partial charge in [-0.3, -0.25) is 4.79 Å². The maximum absolute atomic E-state index is 11.8. The number of aliphatic carboxylic acids is 1. The number of carbonyl (C=O) groups excluding carboxylic acids is 3. The summed E-state index contributed by atoms with van der Waals surface area (Å²) in [5.41, 5.74) is 0.804. The highest BCUT2D eigenvalue weighted by Crippen LogP contribution is 2.02. The zero-order valence-corrected chi connectivity index (χ0v) is 15.0. The lowest BCUT2D eigenvalue weighted by atomic mass is 10.1. The molecule has 4 N–H and O–H groups in total. The summed E-state index contributed by atoms with van der Waals surface area (Å²) in [6, 6.07) is 7.81. The van der Waals surface area contributed by atoms with E-state index in [-0.39, 0.29) is 31.8 Å². The van der Waals surface area contributed by atoms with Crippen molar-refractivity contribution in [2.75, 3.05) is 6.54 Å². The first-order valence-electron chi connectivity index (χ1n) is 8.42. The van der Waals surface area contributed by atoms with Crippen molar-refractivity contribution in [2.24, 2.45) is 0 Å². The number of amides is 2. The number of rotatable bonds is 11. The molecule has 0 unspecified atom stereocenters. The van der Waals surface area contributed by atoms with Crippen LogP contribution in [-0.2, 0) is 25.7 Å². The molecule has 0 radical (unpaired) electrons. The average molecular weight is 380 g/mol. The molecular weight excluding hydrogens is 356 g/mol. The first-order valence-corrected chi connectivity index (χ1v) is 8.42. The monoisotopic (exact) mass is 380 g/mol. The number of aliphatic hydroxyl groups is 1. The summed E-state index contributed by atoms with van der Waals surface area (Å²) >= 11 is 0. The Hall–Kier alpha value is -2.94. The van der Waals surface area contributed by atoms with Crippen LogP contribution >= 0.6 is 0 Å². The third-order valence-electron chi connectivity index (χ3n) is 3.53. The van der Waals surface area contributed by atoms with E-state index in [0.29, 0.717) is 0 Å². The van der Waals surface area contributed by atoms with Crippen LogP contribution in [-0.4, -0.2) is 52.7 Å². The molecule has 27 heavy (non-hydrogen) atoms. The van der Waals surface area contributed by atoms with Crippen molar-refractivity contribution < 1.29 is 34.1 Å². The van der Waals surface area contributed by atoms with Crippen LogP contribution in [0.25, 0.3) is 0 Å². The van der Waals surface area contributed by atoms with Crippen LogP contribution in [0.1, 0.15) is 31.7 Å². The van der Waals surface area contributed by atoms with Gasteiger partial charge >= 0.3 is 12.1 Å². The van der Waals surface area contributed by atoms with Gasteiger partial charge in [-0.25, -0.2) is 9.59 Å². The van der Waals surface area contributed by atoms with E-state index < -0.39 is 36.5 Å². The Balaban J connectivity index is 2.30. The second-order valence-electron chi connectivity index (χ2n) is 6.00. The van der Waals surface area contributed by atoms with Gasteiger partial charge in [0.05, 0.1) is 12.5 Å². The highest BCUT2D eigenvalue weighted by molar-refractivity contribution is 5.84. The first kappa shape index (κ1) is 22.1. The fraction of sp³-hybridized carbons (Fsp3) is 0.444. The summed E-state index contributed by atoms with van der Waals surface area (Å²) in [4.78, 5) is 45.4. The van der Waals surface area contributed by atoms with E-state index in [2.05, 4.69) is 10.6 Å². The fourth-order valence-corrected chi connectivity index (χ4v) is 2.12. The van der Waals surface area contributed by atoms with Gasteiger partial charge < -0.3 is 30.4 Å². The molecule has 148 valence electrons. The SMILES string of the molecule is CC(=O)CC[C@@H](NC(=O)C[C@@H](O)CNC(=O)OCc1ccccc1)C(=O)O. The minimum Gasteiger partial charge on any atom is -0.480 e. The molecule has 0 saturated carbocycles. The number of hydrogen-bond donors (Lipinski definition) is 4. The van der Waals surface area contributed by atoms with Crippen LogP contribution in [0.4, 0.5) is 4.79 Å². The largest absolute Gasteiger partial charge is 0.480 e. The van der Waals surface area contributed by atoms with Gasteiger partial charge in [0, 0.05) is 13.0 Å². The Morgan fingerprint density at radius 1 is 1.15 bits per heavy atom. The Kier molecular flexibility index (Phi) is 9.52. The lowest BCUT2D eigenvalue weighted by Gasteiger charge is -2.16. The van der Waals surface area contributed by atoms with Crippen molar-refractivity contribution in [3.05, 3.63) is 35.9 Å². The molecule has 0 fully saturated rings. The van der Waals surface area contributed by atoms with Crippen LogP contribution in [0.3, 0.4) is 0 Å². The second kappa shape index (κ2) is 11.6. The van der Waals surface area contributed by atoms with Gasteiger partial charge in [0.2, 0.25) is 5.91 Å². The average Bonchev–Trinajstić information content (AvgIpc) is 2.62. The Morgan fingerprint density at radius 3 is 2.41 bits per heavy atom. The molecule has 1 aromatic carbocycles. The molecule has 0 bridgehead atoms. The van der Waals surface area contributed by atoms with Gasteiger partial charge in [0.25, 0.3) is 0 Å². The van der Waals surface area contributed by atoms with Crippen molar-refractivity contribution in [2.45, 2.75) is 44.9 Å². The van der Waals surface area contributed by atoms with Crippen molar-refractivity contribution in [1.82, 2.24) is 10.6 Å². The predicted molar refractivity (Wildman–Crippen MR) is 94.7 cm³/mol. The second-order valence-corrected chi connectivity index (χ2v) is 6.00. The molecule has 0 aliphatic rings. The molecule has 1 aromatic rings. The van der Waals surface area contributed by atoms with Gasteiger partial charge in [-0.1, -0.05) is 30.3 Å². The molecule has 9 heteroatoms. The van der Waals surface area contributed by atoms with Crippen molar-refractivity contribution >= 4 is 23.8 Å². The predicted octanol–water partition coefficient (Wildman–Crippen LogP) is 0.602. The number of carbonyl (C=O) groups is 4. The van der Waals surface area contributed by atoms with Crippen LogP contribution < -0.4 is 10.6 Å². The van der Waals surface area contributed by atoms with E-state index in [1.165, 1.54) is 6.92 Å². The van der Waals surface area contributed by atoms with E-state index in [0.717, 1.165) is 5.56 Å². The third kappa shape index (κ3) is 9.95. The van der Waals surface area contributed by atoms with E-state index >= 15 is 0 Å². The third-order valence-corrected chi connectivity index (χ3v) is 3.53.